The molecular formula is C24H29N5O. The van der Waals surface area contributed by atoms with Gasteiger partial charge in [0, 0.05) is 36.4 Å². The molecule has 6 heteroatoms. The minimum atomic E-state index is -0.356. The number of nitrogens with zero attached hydrogens (tertiary/aromatic N) is 4. The van der Waals surface area contributed by atoms with E-state index in [1.165, 1.54) is 27.8 Å². The van der Waals surface area contributed by atoms with E-state index in [1.807, 2.05) is 16.6 Å². The Labute approximate surface area is 176 Å². The lowest BCUT2D eigenvalue weighted by molar-refractivity contribution is -0.124. The minimum Gasteiger partial charge on any atom is -0.353 e. The number of piperidine rings is 1. The number of H-pyrrole nitrogens is 1. The summed E-state index contributed by atoms with van der Waals surface area (Å²) in [5.74, 6) is 0.304. The first-order valence-electron chi connectivity index (χ1n) is 11.2. The number of amides is 1. The maximum absolute atomic E-state index is 13.6. The zero-order valence-corrected chi connectivity index (χ0v) is 18.1. The Kier molecular flexibility index (Phi) is 3.76. The van der Waals surface area contributed by atoms with Crippen molar-refractivity contribution in [3.63, 3.8) is 0 Å². The summed E-state index contributed by atoms with van der Waals surface area (Å²) in [6.07, 6.45) is 7.20. The lowest BCUT2D eigenvalue weighted by atomic mass is 9.73. The number of hydrogen-bond acceptors (Lipinski definition) is 3. The maximum atomic E-state index is 13.6. The number of rotatable bonds is 1. The van der Waals surface area contributed by atoms with Crippen molar-refractivity contribution in [2.75, 3.05) is 31.6 Å². The number of fused-ring (bicyclic) bond motifs is 7. The fourth-order valence-corrected chi connectivity index (χ4v) is 6.02. The summed E-state index contributed by atoms with van der Waals surface area (Å²) in [5, 5.41) is 6.04. The van der Waals surface area contributed by atoms with Crippen LogP contribution in [0.1, 0.15) is 42.9 Å². The SMILES string of the molecule is CCN1C(=O)C2(CCN(C)CC2)c2cc3[nH]c4c(c3cc21)CCCc1cn(C)nc1-4. The van der Waals surface area contributed by atoms with Gasteiger partial charge in [-0.05, 0) is 88.0 Å². The van der Waals surface area contributed by atoms with Crippen LogP contribution < -0.4 is 4.90 Å². The Morgan fingerprint density at radius 2 is 1.97 bits per heavy atom. The second-order valence-electron chi connectivity index (χ2n) is 9.36. The van der Waals surface area contributed by atoms with Crippen LogP contribution >= 0.6 is 0 Å². The molecule has 30 heavy (non-hydrogen) atoms. The summed E-state index contributed by atoms with van der Waals surface area (Å²) in [4.78, 5) is 21.7. The van der Waals surface area contributed by atoms with Gasteiger partial charge in [0.15, 0.2) is 0 Å². The molecule has 0 unspecified atom stereocenters. The Morgan fingerprint density at radius 3 is 2.73 bits per heavy atom. The Hall–Kier alpha value is -2.60. The fraction of sp³-hybridized carbons (Fsp3) is 0.500. The first kappa shape index (κ1) is 18.2. The van der Waals surface area contributed by atoms with E-state index in [9.17, 15) is 4.79 Å². The number of carbonyl (C=O) groups is 1. The van der Waals surface area contributed by atoms with Crippen molar-refractivity contribution >= 4 is 22.5 Å². The van der Waals surface area contributed by atoms with Gasteiger partial charge in [0.1, 0.15) is 5.69 Å². The Morgan fingerprint density at radius 1 is 1.17 bits per heavy atom. The number of likely N-dealkylation sites (tertiary alicyclic amines) is 1. The second-order valence-corrected chi connectivity index (χ2v) is 9.36. The minimum absolute atomic E-state index is 0.304. The molecule has 1 aromatic carbocycles. The topological polar surface area (TPSA) is 57.2 Å². The molecule has 0 bridgehead atoms. The number of likely N-dealkylation sites (N-methyl/N-ethyl adjacent to an activating group) is 1. The molecule has 0 saturated carbocycles. The van der Waals surface area contributed by atoms with Crippen molar-refractivity contribution in [3.8, 4) is 11.4 Å². The molecule has 1 amide bonds. The van der Waals surface area contributed by atoms with Gasteiger partial charge < -0.3 is 14.8 Å². The van der Waals surface area contributed by atoms with E-state index in [4.69, 9.17) is 5.10 Å². The van der Waals surface area contributed by atoms with E-state index in [-0.39, 0.29) is 5.41 Å². The molecule has 2 aliphatic heterocycles. The zero-order chi connectivity index (χ0) is 20.6. The van der Waals surface area contributed by atoms with Gasteiger partial charge >= 0.3 is 0 Å². The lowest BCUT2D eigenvalue weighted by Crippen LogP contribution is -2.47. The number of hydrogen-bond donors (Lipinski definition) is 1. The molecular weight excluding hydrogens is 374 g/mol. The quantitative estimate of drug-likeness (QED) is 0.678. The normalized spacial score (nSPS) is 20.5. The Bertz CT molecular complexity index is 1180. The predicted octanol–water partition coefficient (Wildman–Crippen LogP) is 3.39. The van der Waals surface area contributed by atoms with Crippen LogP contribution in [0.3, 0.4) is 0 Å². The molecule has 156 valence electrons. The lowest BCUT2D eigenvalue weighted by Gasteiger charge is -2.36. The van der Waals surface area contributed by atoms with E-state index >= 15 is 0 Å². The van der Waals surface area contributed by atoms with Gasteiger partial charge in [0.05, 0.1) is 11.1 Å². The summed E-state index contributed by atoms with van der Waals surface area (Å²) < 4.78 is 1.93. The molecule has 6 nitrogen and oxygen atoms in total. The van der Waals surface area contributed by atoms with E-state index in [1.54, 1.807) is 0 Å². The molecule has 6 rings (SSSR count). The first-order chi connectivity index (χ1) is 14.5. The average Bonchev–Trinajstić information content (AvgIpc) is 3.31. The highest BCUT2D eigenvalue weighted by Gasteiger charge is 2.51. The summed E-state index contributed by atoms with van der Waals surface area (Å²) in [7, 11) is 4.15. The Balaban J connectivity index is 1.58. The highest BCUT2D eigenvalue weighted by Crippen LogP contribution is 2.50. The van der Waals surface area contributed by atoms with Gasteiger partial charge in [-0.2, -0.15) is 5.10 Å². The van der Waals surface area contributed by atoms with Crippen LogP contribution in [0.2, 0.25) is 0 Å². The molecule has 1 aliphatic carbocycles. The summed E-state index contributed by atoms with van der Waals surface area (Å²) in [6, 6.07) is 4.59. The molecule has 1 spiro atoms. The monoisotopic (exact) mass is 403 g/mol. The third-order valence-electron chi connectivity index (χ3n) is 7.65. The zero-order valence-electron chi connectivity index (χ0n) is 18.1. The number of nitrogens with one attached hydrogen (secondary N) is 1. The summed E-state index contributed by atoms with van der Waals surface area (Å²) >= 11 is 0. The van der Waals surface area contributed by atoms with E-state index in [2.05, 4.69) is 42.2 Å². The van der Waals surface area contributed by atoms with Crippen molar-refractivity contribution in [1.29, 1.82) is 0 Å². The van der Waals surface area contributed by atoms with Gasteiger partial charge in [-0.25, -0.2) is 0 Å². The van der Waals surface area contributed by atoms with Crippen molar-refractivity contribution in [2.45, 2.75) is 44.4 Å². The van der Waals surface area contributed by atoms with Crippen LogP contribution in [-0.2, 0) is 30.1 Å². The second kappa shape index (κ2) is 6.20. The van der Waals surface area contributed by atoms with Gasteiger partial charge in [-0.3, -0.25) is 9.48 Å². The molecule has 3 aliphatic rings. The van der Waals surface area contributed by atoms with Gasteiger partial charge in [0.25, 0.3) is 0 Å². The standard InChI is InChI=1S/C24H29N5O/c1-4-29-20-12-17-16-7-5-6-15-14-28(3)26-21(15)22(16)25-19(17)13-18(20)24(23(29)30)8-10-27(2)11-9-24/h12-14,25H,4-11H2,1-3H3. The fourth-order valence-electron chi connectivity index (χ4n) is 6.02. The first-order valence-corrected chi connectivity index (χ1v) is 11.2. The molecule has 4 heterocycles. The van der Waals surface area contributed by atoms with E-state index in [0.717, 1.165) is 68.6 Å². The molecule has 1 N–H and O–H groups in total. The van der Waals surface area contributed by atoms with E-state index in [0.29, 0.717) is 5.91 Å². The third kappa shape index (κ3) is 2.28. The van der Waals surface area contributed by atoms with Gasteiger partial charge in [0.2, 0.25) is 5.91 Å². The molecule has 1 saturated heterocycles. The maximum Gasteiger partial charge on any atom is 0.237 e. The van der Waals surface area contributed by atoms with Crippen LogP contribution in [0.4, 0.5) is 5.69 Å². The average molecular weight is 404 g/mol. The summed E-state index contributed by atoms with van der Waals surface area (Å²) in [5.41, 5.74) is 8.11. The number of aromatic nitrogens is 3. The number of benzene rings is 1. The largest absolute Gasteiger partial charge is 0.353 e. The van der Waals surface area contributed by atoms with Crippen molar-refractivity contribution in [3.05, 3.63) is 35.0 Å². The third-order valence-corrected chi connectivity index (χ3v) is 7.65. The van der Waals surface area contributed by atoms with E-state index < -0.39 is 0 Å². The number of anilines is 1. The van der Waals surface area contributed by atoms with Crippen LogP contribution in [0.5, 0.6) is 0 Å². The van der Waals surface area contributed by atoms with Gasteiger partial charge in [-0.1, -0.05) is 0 Å². The number of aromatic amines is 1. The highest BCUT2D eigenvalue weighted by molar-refractivity contribution is 6.11. The van der Waals surface area contributed by atoms with Crippen molar-refractivity contribution in [1.82, 2.24) is 19.7 Å². The molecule has 2 aromatic heterocycles. The molecule has 3 aromatic rings. The van der Waals surface area contributed by atoms with Crippen LogP contribution in [-0.4, -0.2) is 52.3 Å². The number of aryl methyl sites for hydroxylation is 3. The van der Waals surface area contributed by atoms with Gasteiger partial charge in [-0.15, -0.1) is 0 Å². The molecule has 0 radical (unpaired) electrons. The smallest absolute Gasteiger partial charge is 0.237 e. The highest BCUT2D eigenvalue weighted by atomic mass is 16.2. The number of carbonyl (C=O) groups excluding carboxylic acids is 1. The summed E-state index contributed by atoms with van der Waals surface area (Å²) in [6.45, 7) is 4.77. The van der Waals surface area contributed by atoms with Crippen LogP contribution in [0, 0.1) is 0 Å². The van der Waals surface area contributed by atoms with Crippen LogP contribution in [0.15, 0.2) is 18.3 Å². The predicted molar refractivity (Wildman–Crippen MR) is 119 cm³/mol. The van der Waals surface area contributed by atoms with Crippen molar-refractivity contribution in [2.24, 2.45) is 7.05 Å². The molecule has 0 atom stereocenters. The van der Waals surface area contributed by atoms with Crippen molar-refractivity contribution < 1.29 is 4.79 Å². The molecule has 1 fully saturated rings. The van der Waals surface area contributed by atoms with Crippen LogP contribution in [0.25, 0.3) is 22.3 Å².